The van der Waals surface area contributed by atoms with E-state index >= 15 is 0 Å². The molecule has 1 aliphatic rings. The molecule has 2 aromatic rings. The predicted molar refractivity (Wildman–Crippen MR) is 134 cm³/mol. The van der Waals surface area contributed by atoms with Crippen LogP contribution in [0.1, 0.15) is 58.1 Å². The lowest BCUT2D eigenvalue weighted by molar-refractivity contribution is -0.123. The van der Waals surface area contributed by atoms with Gasteiger partial charge in [0.2, 0.25) is 15.9 Å². The smallest absolute Gasteiger partial charge is 0.244 e. The average molecular weight is 513 g/mol. The molecule has 0 saturated carbocycles. The highest BCUT2D eigenvalue weighted by Crippen LogP contribution is 2.42. The second-order valence-corrected chi connectivity index (χ2v) is 11.1. The van der Waals surface area contributed by atoms with Crippen LogP contribution in [-0.2, 0) is 14.8 Å². The molecule has 3 rings (SSSR count). The summed E-state index contributed by atoms with van der Waals surface area (Å²) in [5.41, 5.74) is 0.737. The Kier molecular flexibility index (Phi) is 7.87. The Hall–Kier alpha value is -1.96. The maximum atomic E-state index is 13.5. The number of hydrogen-bond acceptors (Lipinski definition) is 4. The Morgan fingerprint density at radius 2 is 1.76 bits per heavy atom. The average Bonchev–Trinajstić information content (AvgIpc) is 2.75. The number of halogens is 2. The van der Waals surface area contributed by atoms with Gasteiger partial charge in [0.05, 0.1) is 18.0 Å². The van der Waals surface area contributed by atoms with Crippen LogP contribution in [0, 0.1) is 0 Å². The highest BCUT2D eigenvalue weighted by atomic mass is 35.5. The van der Waals surface area contributed by atoms with Crippen LogP contribution in [0.2, 0.25) is 10.0 Å². The van der Waals surface area contributed by atoms with Crippen molar-refractivity contribution in [3.63, 3.8) is 0 Å². The molecule has 1 amide bonds. The minimum Gasteiger partial charge on any atom is -0.487 e. The number of anilines is 1. The number of nitrogens with one attached hydrogen (secondary N) is 1. The van der Waals surface area contributed by atoms with Crippen molar-refractivity contribution >= 4 is 44.8 Å². The summed E-state index contributed by atoms with van der Waals surface area (Å²) in [6.07, 6.45) is 3.51. The molecule has 0 aliphatic carbocycles. The fourth-order valence-electron chi connectivity index (χ4n) is 4.42. The van der Waals surface area contributed by atoms with E-state index in [1.807, 2.05) is 24.3 Å². The molecule has 9 heteroatoms. The molecular formula is C24H30Cl2N2O4S. The van der Waals surface area contributed by atoms with E-state index in [1.165, 1.54) is 18.2 Å². The standard InChI is InChI=1S/C24H30Cl2N2O4S/c1-5-21(28(33(4,30)31)18-13-16(25)12-17(26)14-18)23(29)27-20-15-24(6-2,7-3)32-22-11-9-8-10-19(20)22/h8-14,20-21H,5-7,15H2,1-4H3,(H,27,29)/t20-,21-/m1/s1. The molecule has 0 radical (unpaired) electrons. The van der Waals surface area contributed by atoms with Crippen LogP contribution >= 0.6 is 23.2 Å². The van der Waals surface area contributed by atoms with Gasteiger partial charge in [-0.05, 0) is 43.5 Å². The number of amides is 1. The number of ether oxygens (including phenoxy) is 1. The van der Waals surface area contributed by atoms with Gasteiger partial charge < -0.3 is 10.1 Å². The summed E-state index contributed by atoms with van der Waals surface area (Å²) in [6.45, 7) is 5.91. The lowest BCUT2D eigenvalue weighted by atomic mass is 9.83. The molecule has 2 atom stereocenters. The fourth-order valence-corrected chi connectivity index (χ4v) is 6.13. The summed E-state index contributed by atoms with van der Waals surface area (Å²) in [5, 5.41) is 3.68. The van der Waals surface area contributed by atoms with Crippen molar-refractivity contribution in [1.29, 1.82) is 0 Å². The minimum atomic E-state index is -3.81. The second-order valence-electron chi connectivity index (χ2n) is 8.41. The molecule has 1 aliphatic heterocycles. The summed E-state index contributed by atoms with van der Waals surface area (Å²) >= 11 is 12.3. The summed E-state index contributed by atoms with van der Waals surface area (Å²) in [4.78, 5) is 13.5. The molecular weight excluding hydrogens is 483 g/mol. The van der Waals surface area contributed by atoms with Crippen molar-refractivity contribution in [2.45, 2.75) is 64.1 Å². The van der Waals surface area contributed by atoms with Gasteiger partial charge in [0, 0.05) is 22.0 Å². The first-order valence-electron chi connectivity index (χ1n) is 11.1. The molecule has 0 unspecified atom stereocenters. The van der Waals surface area contributed by atoms with Crippen molar-refractivity contribution < 1.29 is 17.9 Å². The van der Waals surface area contributed by atoms with Gasteiger partial charge in [-0.2, -0.15) is 0 Å². The molecule has 2 aromatic carbocycles. The number of rotatable bonds is 8. The molecule has 0 aromatic heterocycles. The number of para-hydroxylation sites is 1. The molecule has 0 fully saturated rings. The first-order chi connectivity index (χ1) is 15.5. The molecule has 6 nitrogen and oxygen atoms in total. The van der Waals surface area contributed by atoms with Gasteiger partial charge in [-0.1, -0.05) is 62.2 Å². The zero-order valence-corrected chi connectivity index (χ0v) is 21.6. The van der Waals surface area contributed by atoms with Crippen molar-refractivity contribution in [2.75, 3.05) is 10.6 Å². The third kappa shape index (κ3) is 5.58. The van der Waals surface area contributed by atoms with E-state index in [1.54, 1.807) is 6.92 Å². The molecule has 0 spiro atoms. The fraction of sp³-hybridized carbons (Fsp3) is 0.458. The van der Waals surface area contributed by atoms with Crippen molar-refractivity contribution in [1.82, 2.24) is 5.32 Å². The number of nitrogens with zero attached hydrogens (tertiary/aromatic N) is 1. The van der Waals surface area contributed by atoms with Crippen molar-refractivity contribution in [3.8, 4) is 5.75 Å². The lowest BCUT2D eigenvalue weighted by Crippen LogP contribution is -2.52. The number of carbonyl (C=O) groups is 1. The number of benzene rings is 2. The highest BCUT2D eigenvalue weighted by Gasteiger charge is 2.40. The van der Waals surface area contributed by atoms with E-state index < -0.39 is 21.7 Å². The third-order valence-corrected chi connectivity index (χ3v) is 7.85. The summed E-state index contributed by atoms with van der Waals surface area (Å²) in [7, 11) is -3.81. The van der Waals surface area contributed by atoms with Crippen LogP contribution < -0.4 is 14.4 Å². The Morgan fingerprint density at radius 3 is 2.30 bits per heavy atom. The SMILES string of the molecule is CC[C@H](C(=O)N[C@@H]1CC(CC)(CC)Oc2ccccc21)N(c1cc(Cl)cc(Cl)c1)S(C)(=O)=O. The topological polar surface area (TPSA) is 75.7 Å². The van der Waals surface area contributed by atoms with E-state index in [-0.39, 0.29) is 34.1 Å². The van der Waals surface area contributed by atoms with E-state index in [0.29, 0.717) is 6.42 Å². The first kappa shape index (κ1) is 25.7. The van der Waals surface area contributed by atoms with Gasteiger partial charge in [0.1, 0.15) is 17.4 Å². The van der Waals surface area contributed by atoms with Crippen LogP contribution in [-0.4, -0.2) is 32.2 Å². The summed E-state index contributed by atoms with van der Waals surface area (Å²) in [5.74, 6) is 0.356. The second kappa shape index (κ2) is 10.1. The number of sulfonamides is 1. The number of fused-ring (bicyclic) bond motifs is 1. The lowest BCUT2D eigenvalue weighted by Gasteiger charge is -2.42. The quantitative estimate of drug-likeness (QED) is 0.489. The summed E-state index contributed by atoms with van der Waals surface area (Å²) in [6, 6.07) is 10.9. The molecule has 180 valence electrons. The van der Waals surface area contributed by atoms with Crippen LogP contribution in [0.25, 0.3) is 0 Å². The van der Waals surface area contributed by atoms with Crippen LogP contribution in [0.4, 0.5) is 5.69 Å². The van der Waals surface area contributed by atoms with Gasteiger partial charge in [0.15, 0.2) is 0 Å². The number of carbonyl (C=O) groups excluding carboxylic acids is 1. The molecule has 0 bridgehead atoms. The Bertz CT molecular complexity index is 1100. The Balaban J connectivity index is 1.98. The first-order valence-corrected chi connectivity index (χ1v) is 13.7. The van der Waals surface area contributed by atoms with E-state index in [2.05, 4.69) is 19.2 Å². The molecule has 33 heavy (non-hydrogen) atoms. The minimum absolute atomic E-state index is 0.251. The maximum absolute atomic E-state index is 13.5. The van der Waals surface area contributed by atoms with Crippen molar-refractivity contribution in [3.05, 3.63) is 58.1 Å². The van der Waals surface area contributed by atoms with E-state index in [0.717, 1.165) is 34.7 Å². The molecule has 0 saturated heterocycles. The monoisotopic (exact) mass is 512 g/mol. The van der Waals surface area contributed by atoms with Gasteiger partial charge in [0.25, 0.3) is 0 Å². The van der Waals surface area contributed by atoms with Crippen molar-refractivity contribution in [2.24, 2.45) is 0 Å². The number of hydrogen-bond donors (Lipinski definition) is 1. The third-order valence-electron chi connectivity index (χ3n) is 6.23. The zero-order chi connectivity index (χ0) is 24.4. The Labute approximate surface area is 206 Å². The van der Waals surface area contributed by atoms with Gasteiger partial charge in [-0.25, -0.2) is 8.42 Å². The van der Waals surface area contributed by atoms with Gasteiger partial charge in [-0.3, -0.25) is 9.10 Å². The van der Waals surface area contributed by atoms with E-state index in [9.17, 15) is 13.2 Å². The highest BCUT2D eigenvalue weighted by molar-refractivity contribution is 7.92. The normalized spacial score (nSPS) is 18.1. The van der Waals surface area contributed by atoms with Gasteiger partial charge in [-0.15, -0.1) is 0 Å². The zero-order valence-electron chi connectivity index (χ0n) is 19.3. The Morgan fingerprint density at radius 1 is 1.15 bits per heavy atom. The predicted octanol–water partition coefficient (Wildman–Crippen LogP) is 5.74. The largest absolute Gasteiger partial charge is 0.487 e. The van der Waals surface area contributed by atoms with Crippen LogP contribution in [0.5, 0.6) is 5.75 Å². The van der Waals surface area contributed by atoms with Gasteiger partial charge >= 0.3 is 0 Å². The molecule has 1 N–H and O–H groups in total. The van der Waals surface area contributed by atoms with Crippen LogP contribution in [0.3, 0.4) is 0 Å². The molecule has 1 heterocycles. The van der Waals surface area contributed by atoms with E-state index in [4.69, 9.17) is 27.9 Å². The maximum Gasteiger partial charge on any atom is 0.244 e. The van der Waals surface area contributed by atoms with Crippen LogP contribution in [0.15, 0.2) is 42.5 Å². The summed E-state index contributed by atoms with van der Waals surface area (Å²) < 4.78 is 33.0.